The van der Waals surface area contributed by atoms with Gasteiger partial charge in [-0.25, -0.2) is 14.8 Å². The molecule has 2 heterocycles. The quantitative estimate of drug-likeness (QED) is 0.522. The highest BCUT2D eigenvalue weighted by Crippen LogP contribution is 2.31. The first-order chi connectivity index (χ1) is 14.0. The number of carbonyl (C=O) groups is 1. The van der Waals surface area contributed by atoms with Gasteiger partial charge in [-0.2, -0.15) is 4.98 Å². The standard InChI is InChI=1S/C21H17N3O5/c1-12-8-14(9-13(2)18(12)27-11-17(25)26)19-23-16-10-22-21(24-20(16)29-19)28-15-6-4-3-5-7-15/h3-10H,11H2,1-2H3,(H,25,26). The fourth-order valence-corrected chi connectivity index (χ4v) is 2.92. The first-order valence-corrected chi connectivity index (χ1v) is 8.82. The number of hydrogen-bond donors (Lipinski definition) is 1. The van der Waals surface area contributed by atoms with Crippen molar-refractivity contribution in [1.29, 1.82) is 0 Å². The Balaban J connectivity index is 1.63. The van der Waals surface area contributed by atoms with Crippen molar-refractivity contribution in [3.63, 3.8) is 0 Å². The number of carboxylic acids is 1. The third-order valence-corrected chi connectivity index (χ3v) is 4.13. The van der Waals surface area contributed by atoms with E-state index in [1.165, 1.54) is 6.20 Å². The molecule has 0 saturated carbocycles. The number of ether oxygens (including phenoxy) is 2. The fourth-order valence-electron chi connectivity index (χ4n) is 2.92. The van der Waals surface area contributed by atoms with E-state index in [1.54, 1.807) is 12.1 Å². The maximum absolute atomic E-state index is 10.8. The van der Waals surface area contributed by atoms with Crippen LogP contribution in [0.25, 0.3) is 22.7 Å². The third-order valence-electron chi connectivity index (χ3n) is 4.13. The molecular weight excluding hydrogens is 374 g/mol. The zero-order valence-electron chi connectivity index (χ0n) is 15.7. The zero-order chi connectivity index (χ0) is 20.4. The first kappa shape index (κ1) is 18.4. The normalized spacial score (nSPS) is 10.8. The number of oxazole rings is 1. The number of rotatable bonds is 6. The molecule has 8 heteroatoms. The van der Waals surface area contributed by atoms with Gasteiger partial charge in [-0.3, -0.25) is 0 Å². The molecule has 0 aliphatic carbocycles. The second-order valence-electron chi connectivity index (χ2n) is 6.40. The number of para-hydroxylation sites is 1. The molecule has 146 valence electrons. The largest absolute Gasteiger partial charge is 0.481 e. The molecule has 0 spiro atoms. The van der Waals surface area contributed by atoms with Gasteiger partial charge in [0.1, 0.15) is 17.0 Å². The summed E-state index contributed by atoms with van der Waals surface area (Å²) in [5.41, 5.74) is 3.10. The van der Waals surface area contributed by atoms with Gasteiger partial charge in [-0.05, 0) is 49.2 Å². The minimum absolute atomic E-state index is 0.163. The van der Waals surface area contributed by atoms with E-state index in [1.807, 2.05) is 44.2 Å². The molecule has 0 bridgehead atoms. The molecule has 0 aliphatic rings. The summed E-state index contributed by atoms with van der Waals surface area (Å²) >= 11 is 0. The van der Waals surface area contributed by atoms with Crippen molar-refractivity contribution in [2.75, 3.05) is 6.61 Å². The molecule has 4 rings (SSSR count). The van der Waals surface area contributed by atoms with Crippen LogP contribution in [0.3, 0.4) is 0 Å². The van der Waals surface area contributed by atoms with Gasteiger partial charge in [0.15, 0.2) is 6.61 Å². The Morgan fingerprint density at radius 2 is 1.83 bits per heavy atom. The summed E-state index contributed by atoms with van der Waals surface area (Å²) in [5.74, 6) is 0.501. The predicted octanol–water partition coefficient (Wildman–Crippen LogP) is 4.16. The molecule has 8 nitrogen and oxygen atoms in total. The van der Waals surface area contributed by atoms with Crippen molar-refractivity contribution in [3.8, 4) is 29.0 Å². The molecule has 2 aromatic carbocycles. The summed E-state index contributed by atoms with van der Waals surface area (Å²) in [5, 5.41) is 8.81. The minimum Gasteiger partial charge on any atom is -0.481 e. The van der Waals surface area contributed by atoms with E-state index < -0.39 is 12.6 Å². The highest BCUT2D eigenvalue weighted by atomic mass is 16.5. The van der Waals surface area contributed by atoms with E-state index >= 15 is 0 Å². The second-order valence-corrected chi connectivity index (χ2v) is 6.40. The van der Waals surface area contributed by atoms with Gasteiger partial charge in [-0.15, -0.1) is 0 Å². The molecule has 29 heavy (non-hydrogen) atoms. The van der Waals surface area contributed by atoms with Crippen LogP contribution in [0.2, 0.25) is 0 Å². The monoisotopic (exact) mass is 391 g/mol. The lowest BCUT2D eigenvalue weighted by atomic mass is 10.1. The van der Waals surface area contributed by atoms with Crippen LogP contribution >= 0.6 is 0 Å². The van der Waals surface area contributed by atoms with E-state index in [9.17, 15) is 4.79 Å². The van der Waals surface area contributed by atoms with Crippen LogP contribution in [0.1, 0.15) is 11.1 Å². The molecular formula is C21H17N3O5. The van der Waals surface area contributed by atoms with Gasteiger partial charge in [0, 0.05) is 5.56 Å². The Morgan fingerprint density at radius 3 is 2.52 bits per heavy atom. The number of aromatic nitrogens is 3. The lowest BCUT2D eigenvalue weighted by molar-refractivity contribution is -0.139. The van der Waals surface area contributed by atoms with Crippen LogP contribution in [-0.4, -0.2) is 32.6 Å². The maximum atomic E-state index is 10.8. The van der Waals surface area contributed by atoms with Gasteiger partial charge in [0.05, 0.1) is 6.20 Å². The van der Waals surface area contributed by atoms with Gasteiger partial charge < -0.3 is 19.0 Å². The smallest absolute Gasteiger partial charge is 0.341 e. The van der Waals surface area contributed by atoms with Crippen LogP contribution in [0.5, 0.6) is 17.5 Å². The molecule has 1 N–H and O–H groups in total. The Morgan fingerprint density at radius 1 is 1.10 bits per heavy atom. The summed E-state index contributed by atoms with van der Waals surface area (Å²) in [6, 6.07) is 13.0. The average molecular weight is 391 g/mol. The lowest BCUT2D eigenvalue weighted by Gasteiger charge is -2.11. The van der Waals surface area contributed by atoms with Crippen molar-refractivity contribution in [2.45, 2.75) is 13.8 Å². The highest BCUT2D eigenvalue weighted by Gasteiger charge is 2.15. The zero-order valence-corrected chi connectivity index (χ0v) is 15.7. The fraction of sp³-hybridized carbons (Fsp3) is 0.143. The van der Waals surface area contributed by atoms with E-state index in [4.69, 9.17) is 19.0 Å². The number of benzene rings is 2. The lowest BCUT2D eigenvalue weighted by Crippen LogP contribution is -2.10. The average Bonchev–Trinajstić information content (AvgIpc) is 3.11. The molecule has 0 saturated heterocycles. The number of fused-ring (bicyclic) bond motifs is 1. The molecule has 0 amide bonds. The molecule has 0 aliphatic heterocycles. The Bertz CT molecular complexity index is 1160. The summed E-state index contributed by atoms with van der Waals surface area (Å²) < 4.78 is 16.8. The number of carboxylic acid groups (broad SMARTS) is 1. The van der Waals surface area contributed by atoms with Gasteiger partial charge >= 0.3 is 12.0 Å². The predicted molar refractivity (Wildman–Crippen MR) is 104 cm³/mol. The van der Waals surface area contributed by atoms with Crippen LogP contribution < -0.4 is 9.47 Å². The SMILES string of the molecule is Cc1cc(-c2nc3cnc(Oc4ccccc4)nc3o2)cc(C)c1OCC(=O)O. The molecule has 4 aromatic rings. The summed E-state index contributed by atoms with van der Waals surface area (Å²) in [6.45, 7) is 3.27. The van der Waals surface area contributed by atoms with Gasteiger partial charge in [0.25, 0.3) is 5.71 Å². The maximum Gasteiger partial charge on any atom is 0.341 e. The number of nitrogens with zero attached hydrogens (tertiary/aromatic N) is 3. The third kappa shape index (κ3) is 4.01. The Kier molecular flexibility index (Phi) is 4.82. The van der Waals surface area contributed by atoms with Gasteiger partial charge in [0.2, 0.25) is 5.89 Å². The number of aliphatic carboxylic acids is 1. The van der Waals surface area contributed by atoms with Crippen molar-refractivity contribution in [1.82, 2.24) is 15.0 Å². The molecule has 0 radical (unpaired) electrons. The van der Waals surface area contributed by atoms with E-state index in [2.05, 4.69) is 15.0 Å². The Labute approximate surface area is 165 Å². The van der Waals surface area contributed by atoms with Crippen molar-refractivity contribution in [3.05, 3.63) is 59.8 Å². The summed E-state index contributed by atoms with van der Waals surface area (Å²) in [7, 11) is 0. The first-order valence-electron chi connectivity index (χ1n) is 8.82. The number of hydrogen-bond acceptors (Lipinski definition) is 7. The van der Waals surface area contributed by atoms with E-state index in [-0.39, 0.29) is 6.01 Å². The summed E-state index contributed by atoms with van der Waals surface area (Å²) in [6.07, 6.45) is 1.54. The van der Waals surface area contributed by atoms with Crippen molar-refractivity contribution >= 4 is 17.2 Å². The molecule has 0 atom stereocenters. The van der Waals surface area contributed by atoms with Crippen LogP contribution in [0.15, 0.2) is 53.1 Å². The minimum atomic E-state index is -1.03. The van der Waals surface area contributed by atoms with Crippen molar-refractivity contribution < 1.29 is 23.8 Å². The van der Waals surface area contributed by atoms with Crippen LogP contribution in [0, 0.1) is 13.8 Å². The second kappa shape index (κ2) is 7.59. The molecule has 0 fully saturated rings. The topological polar surface area (TPSA) is 108 Å². The molecule has 2 aromatic heterocycles. The van der Waals surface area contributed by atoms with E-state index in [0.29, 0.717) is 28.6 Å². The number of aryl methyl sites for hydroxylation is 2. The van der Waals surface area contributed by atoms with Crippen LogP contribution in [-0.2, 0) is 4.79 Å². The van der Waals surface area contributed by atoms with E-state index in [0.717, 1.165) is 16.7 Å². The van der Waals surface area contributed by atoms with Gasteiger partial charge in [-0.1, -0.05) is 18.2 Å². The Hall–Kier alpha value is -3.94. The summed E-state index contributed by atoms with van der Waals surface area (Å²) in [4.78, 5) is 23.6. The molecule has 0 unspecified atom stereocenters. The van der Waals surface area contributed by atoms with Crippen molar-refractivity contribution in [2.24, 2.45) is 0 Å². The highest BCUT2D eigenvalue weighted by molar-refractivity contribution is 5.73. The van der Waals surface area contributed by atoms with Crippen LogP contribution in [0.4, 0.5) is 0 Å².